The van der Waals surface area contributed by atoms with Crippen LogP contribution in [-0.4, -0.2) is 90.2 Å². The molecule has 1 unspecified atom stereocenters. The van der Waals surface area contributed by atoms with Gasteiger partial charge in [0, 0.05) is 60.3 Å². The summed E-state index contributed by atoms with van der Waals surface area (Å²) in [6, 6.07) is 24.7. The molecule has 0 bridgehead atoms. The first kappa shape index (κ1) is 46.4. The van der Waals surface area contributed by atoms with Crippen molar-refractivity contribution in [2.75, 3.05) is 45.3 Å². The second-order valence-electron chi connectivity index (χ2n) is 16.9. The highest BCUT2D eigenvalue weighted by molar-refractivity contribution is 7.99. The van der Waals surface area contributed by atoms with Crippen LogP contribution < -0.4 is 9.47 Å². The first-order valence-corrected chi connectivity index (χ1v) is 23.9. The molecule has 0 radical (unpaired) electrons. The molecule has 2 heterocycles. The molecule has 336 valence electrons. The maximum absolute atomic E-state index is 15.0. The molecule has 2 fully saturated rings. The van der Waals surface area contributed by atoms with Gasteiger partial charge in [0.1, 0.15) is 17.5 Å². The summed E-state index contributed by atoms with van der Waals surface area (Å²) < 4.78 is 27.0. The Labute approximate surface area is 377 Å². The topological polar surface area (TPSA) is 143 Å². The van der Waals surface area contributed by atoms with Gasteiger partial charge in [-0.25, -0.2) is 0 Å². The van der Waals surface area contributed by atoms with Gasteiger partial charge in [-0.1, -0.05) is 55.3 Å². The third-order valence-electron chi connectivity index (χ3n) is 12.8. The number of hydrogen-bond donors (Lipinski definition) is 2. The summed E-state index contributed by atoms with van der Waals surface area (Å²) in [5, 5.41) is 34.5. The van der Waals surface area contributed by atoms with E-state index in [1.165, 1.54) is 4.90 Å². The highest BCUT2D eigenvalue weighted by atomic mass is 32.2. The molecule has 11 nitrogen and oxygen atoms in total. The van der Waals surface area contributed by atoms with E-state index in [1.807, 2.05) is 35.2 Å². The van der Waals surface area contributed by atoms with E-state index >= 15 is 0 Å². The number of carbonyl (C=O) groups is 1. The number of amides is 1. The molecule has 63 heavy (non-hydrogen) atoms. The lowest BCUT2D eigenvalue weighted by molar-refractivity contribution is -0.254. The third-order valence-corrected chi connectivity index (χ3v) is 13.8. The number of rotatable bonds is 22. The number of hydrogen-bond acceptors (Lipinski definition) is 11. The molecule has 2 aliphatic carbocycles. The summed E-state index contributed by atoms with van der Waals surface area (Å²) in [6.45, 7) is 8.03. The van der Waals surface area contributed by atoms with Gasteiger partial charge in [0.15, 0.2) is 0 Å². The maximum Gasteiger partial charge on any atom is 0.254 e. The molecule has 2 N–H and O–H groups in total. The number of carbonyl (C=O) groups excluding carboxylic acids is 1. The molecule has 3 aromatic rings. The summed E-state index contributed by atoms with van der Waals surface area (Å²) in [4.78, 5) is 24.3. The SMILES string of the molecule is C=CCO[C@@]12Oc3ccc(OCCSc4ccccc4)cc3[C@H]3[C@H](CCCCO)[C@@H](CCCCO)C=C(C(=NOC4CCCCO4)C[C@@H]1N(CCC)C(=O)c1ccc(C#N)cc1)[C@H]32. The molecule has 7 rings (SSSR count). The van der Waals surface area contributed by atoms with Crippen LogP contribution in [0.15, 0.2) is 107 Å². The number of nitrogens with zero attached hydrogens (tertiary/aromatic N) is 3. The van der Waals surface area contributed by atoms with Gasteiger partial charge in [-0.05, 0) is 117 Å². The van der Waals surface area contributed by atoms with Crippen LogP contribution in [0.2, 0.25) is 0 Å². The van der Waals surface area contributed by atoms with Crippen molar-refractivity contribution in [3.8, 4) is 17.6 Å². The van der Waals surface area contributed by atoms with Crippen molar-refractivity contribution in [2.45, 2.75) is 106 Å². The predicted molar refractivity (Wildman–Crippen MR) is 245 cm³/mol. The zero-order valence-corrected chi connectivity index (χ0v) is 37.4. The number of aliphatic hydroxyl groups excluding tert-OH is 2. The van der Waals surface area contributed by atoms with Crippen molar-refractivity contribution in [3.05, 3.63) is 114 Å². The van der Waals surface area contributed by atoms with Crippen LogP contribution in [0, 0.1) is 29.1 Å². The van der Waals surface area contributed by atoms with Gasteiger partial charge in [-0.15, -0.1) is 18.3 Å². The van der Waals surface area contributed by atoms with E-state index in [0.717, 1.165) is 73.3 Å². The average Bonchev–Trinajstić information content (AvgIpc) is 3.32. The fraction of sp³-hybridized carbons (Fsp3) is 0.510. The standard InChI is InChI=1S/C51H63N3O8S/c1-3-25-54(50(57)37-21-19-36(35-52)20-22-37)46-34-44(53-62-47-18-10-13-29-59-47)42-32-38(14-8-11-26-55)41(17-9-12-27-56)48-43-33-39(58-30-31-63-40-15-6-5-7-16-40)23-24-45(43)61-51(46,49(42)48)60-28-4-2/h4-7,15-16,19-24,32-33,38,41,46-49,55-56H,2-3,8-14,17-18,25-31,34H2,1H3/t38-,41+,46-,47?,48+,49+,51+/m0/s1. The smallest absolute Gasteiger partial charge is 0.254 e. The highest BCUT2D eigenvalue weighted by Crippen LogP contribution is 2.62. The number of benzene rings is 3. The molecule has 3 aromatic carbocycles. The number of ether oxygens (including phenoxy) is 4. The van der Waals surface area contributed by atoms with E-state index in [0.29, 0.717) is 55.9 Å². The van der Waals surface area contributed by atoms with Gasteiger partial charge < -0.3 is 38.9 Å². The quantitative estimate of drug-likeness (QED) is 0.0434. The lowest BCUT2D eigenvalue weighted by atomic mass is 9.55. The normalized spacial score (nSPS) is 25.4. The molecule has 2 aliphatic heterocycles. The highest BCUT2D eigenvalue weighted by Gasteiger charge is 2.65. The lowest BCUT2D eigenvalue weighted by Crippen LogP contribution is -2.70. The fourth-order valence-electron chi connectivity index (χ4n) is 9.98. The minimum atomic E-state index is -1.38. The van der Waals surface area contributed by atoms with Crippen molar-refractivity contribution >= 4 is 23.4 Å². The number of oxime groups is 1. The van der Waals surface area contributed by atoms with E-state index in [4.69, 9.17) is 28.9 Å². The molecule has 1 saturated carbocycles. The minimum absolute atomic E-state index is 0.0821. The van der Waals surface area contributed by atoms with Crippen molar-refractivity contribution in [1.82, 2.24) is 4.90 Å². The molecule has 0 aromatic heterocycles. The minimum Gasteiger partial charge on any atom is -0.493 e. The van der Waals surface area contributed by atoms with Gasteiger partial charge >= 0.3 is 0 Å². The average molecular weight is 878 g/mol. The largest absolute Gasteiger partial charge is 0.493 e. The number of unbranched alkanes of at least 4 members (excludes halogenated alkanes) is 2. The van der Waals surface area contributed by atoms with Crippen molar-refractivity contribution in [2.24, 2.45) is 22.9 Å². The third kappa shape index (κ3) is 10.8. The zero-order valence-electron chi connectivity index (χ0n) is 36.6. The van der Waals surface area contributed by atoms with Crippen LogP contribution in [0.5, 0.6) is 11.5 Å². The van der Waals surface area contributed by atoms with Crippen LogP contribution in [0.3, 0.4) is 0 Å². The first-order chi connectivity index (χ1) is 30.9. The predicted octanol–water partition coefficient (Wildman–Crippen LogP) is 9.44. The van der Waals surface area contributed by atoms with Gasteiger partial charge in [0.25, 0.3) is 5.91 Å². The van der Waals surface area contributed by atoms with Gasteiger partial charge in [0.05, 0.1) is 43.1 Å². The second-order valence-corrected chi connectivity index (χ2v) is 18.0. The number of allylic oxidation sites excluding steroid dienone is 1. The van der Waals surface area contributed by atoms with E-state index in [9.17, 15) is 20.3 Å². The molecule has 1 amide bonds. The maximum atomic E-state index is 15.0. The zero-order chi connectivity index (χ0) is 44.0. The van der Waals surface area contributed by atoms with Gasteiger partial charge in [0.2, 0.25) is 12.1 Å². The van der Waals surface area contributed by atoms with Crippen LogP contribution >= 0.6 is 11.8 Å². The molecular weight excluding hydrogens is 815 g/mol. The summed E-state index contributed by atoms with van der Waals surface area (Å²) >= 11 is 1.75. The Morgan fingerprint density at radius 2 is 1.84 bits per heavy atom. The monoisotopic (exact) mass is 877 g/mol. The van der Waals surface area contributed by atoms with E-state index in [-0.39, 0.29) is 49.9 Å². The Morgan fingerprint density at radius 1 is 1.05 bits per heavy atom. The van der Waals surface area contributed by atoms with E-state index in [2.05, 4.69) is 43.8 Å². The van der Waals surface area contributed by atoms with Crippen molar-refractivity contribution in [3.63, 3.8) is 0 Å². The first-order valence-electron chi connectivity index (χ1n) is 22.9. The number of aliphatic hydroxyl groups is 2. The van der Waals surface area contributed by atoms with E-state index < -0.39 is 24.0 Å². The van der Waals surface area contributed by atoms with E-state index in [1.54, 1.807) is 42.1 Å². The van der Waals surface area contributed by atoms with Crippen molar-refractivity contribution < 1.29 is 38.8 Å². The molecular formula is C51H63N3O8S. The fourth-order valence-corrected chi connectivity index (χ4v) is 10.7. The number of nitriles is 1. The summed E-state index contributed by atoms with van der Waals surface area (Å²) in [7, 11) is 0. The lowest BCUT2D eigenvalue weighted by Gasteiger charge is -2.60. The van der Waals surface area contributed by atoms with Crippen LogP contribution in [-0.2, 0) is 14.3 Å². The van der Waals surface area contributed by atoms with Crippen LogP contribution in [0.25, 0.3) is 0 Å². The summed E-state index contributed by atoms with van der Waals surface area (Å²) in [5.41, 5.74) is 3.65. The Bertz CT molecular complexity index is 2070. The Morgan fingerprint density at radius 3 is 2.56 bits per heavy atom. The number of fused-ring (bicyclic) bond motifs is 2. The second kappa shape index (κ2) is 22.8. The Kier molecular flexibility index (Phi) is 16.8. The van der Waals surface area contributed by atoms with Crippen LogP contribution in [0.4, 0.5) is 0 Å². The molecule has 7 atom stereocenters. The summed E-state index contributed by atoms with van der Waals surface area (Å²) in [6.07, 6.45) is 12.0. The molecule has 0 spiro atoms. The molecule has 12 heteroatoms. The van der Waals surface area contributed by atoms with Gasteiger partial charge in [-0.3, -0.25) is 4.79 Å². The van der Waals surface area contributed by atoms with Crippen molar-refractivity contribution in [1.29, 1.82) is 5.26 Å². The molecule has 4 aliphatic rings. The Balaban J connectivity index is 1.38. The molecule has 1 saturated heterocycles. The summed E-state index contributed by atoms with van der Waals surface area (Å²) in [5.74, 6) is 0.183. The van der Waals surface area contributed by atoms with Crippen LogP contribution in [0.1, 0.15) is 105 Å². The van der Waals surface area contributed by atoms with Gasteiger partial charge in [-0.2, -0.15) is 5.26 Å². The Hall–Kier alpha value is -4.64. The number of thioether (sulfide) groups is 1.